The molecule has 24 heavy (non-hydrogen) atoms. The highest BCUT2D eigenvalue weighted by Crippen LogP contribution is 2.45. The molecule has 6 heteroatoms. The predicted octanol–water partition coefficient (Wildman–Crippen LogP) is 5.08. The van der Waals surface area contributed by atoms with Gasteiger partial charge in [0.1, 0.15) is 0 Å². The van der Waals surface area contributed by atoms with Gasteiger partial charge in [0.15, 0.2) is 16.6 Å². The van der Waals surface area contributed by atoms with Gasteiger partial charge in [0.2, 0.25) is 0 Å². The topological polar surface area (TPSA) is 38.7 Å². The number of aliphatic hydroxyl groups is 1. The minimum atomic E-state index is -1.93. The van der Waals surface area contributed by atoms with Gasteiger partial charge in [0.25, 0.3) is 0 Å². The molecule has 0 heterocycles. The summed E-state index contributed by atoms with van der Waals surface area (Å²) < 4.78 is 13.5. The SMILES string of the molecule is CC(C)(C)[Si](C)(C)O[C@@H]1[C@@H](CO)C[C@@H](S)[C@@H]1O[Si](C)(C)C(C)(C)C. The van der Waals surface area contributed by atoms with E-state index in [1.54, 1.807) is 0 Å². The molecule has 1 fully saturated rings. The van der Waals surface area contributed by atoms with Gasteiger partial charge in [-0.25, -0.2) is 0 Å². The van der Waals surface area contributed by atoms with Crippen LogP contribution in [0.15, 0.2) is 0 Å². The van der Waals surface area contributed by atoms with Crippen LogP contribution >= 0.6 is 12.6 Å². The van der Waals surface area contributed by atoms with Crippen molar-refractivity contribution in [1.29, 1.82) is 0 Å². The summed E-state index contributed by atoms with van der Waals surface area (Å²) in [6, 6.07) is 0. The van der Waals surface area contributed by atoms with Crippen molar-refractivity contribution >= 4 is 29.3 Å². The van der Waals surface area contributed by atoms with Crippen LogP contribution in [-0.2, 0) is 8.85 Å². The van der Waals surface area contributed by atoms with Crippen molar-refractivity contribution in [3.8, 4) is 0 Å². The molecule has 0 unspecified atom stereocenters. The maximum atomic E-state index is 9.89. The summed E-state index contributed by atoms with van der Waals surface area (Å²) in [5.41, 5.74) is 0. The van der Waals surface area contributed by atoms with E-state index in [9.17, 15) is 5.11 Å². The Hall–Kier alpha value is 0.664. The fraction of sp³-hybridized carbons (Fsp3) is 1.00. The lowest BCUT2D eigenvalue weighted by Gasteiger charge is -2.44. The molecule has 1 aliphatic rings. The third-order valence-electron chi connectivity index (χ3n) is 6.42. The molecule has 0 radical (unpaired) electrons. The Bertz CT molecular complexity index is 427. The number of hydrogen-bond acceptors (Lipinski definition) is 4. The molecule has 3 nitrogen and oxygen atoms in total. The molecule has 0 spiro atoms. The fourth-order valence-electron chi connectivity index (χ4n) is 2.59. The average molecular weight is 393 g/mol. The van der Waals surface area contributed by atoms with Crippen LogP contribution in [0.25, 0.3) is 0 Å². The summed E-state index contributed by atoms with van der Waals surface area (Å²) in [6.07, 6.45) is 0.783. The fourth-order valence-corrected chi connectivity index (χ4v) is 5.90. The molecule has 144 valence electrons. The maximum Gasteiger partial charge on any atom is 0.192 e. The van der Waals surface area contributed by atoms with Crippen molar-refractivity contribution in [2.24, 2.45) is 5.92 Å². The first kappa shape index (κ1) is 22.7. The Morgan fingerprint density at radius 3 is 1.58 bits per heavy atom. The lowest BCUT2D eigenvalue weighted by Crippen LogP contribution is -2.53. The normalized spacial score (nSPS) is 30.0. The molecule has 1 N–H and O–H groups in total. The highest BCUT2D eigenvalue weighted by atomic mass is 32.1. The van der Waals surface area contributed by atoms with Crippen LogP contribution in [0.4, 0.5) is 0 Å². The van der Waals surface area contributed by atoms with Gasteiger partial charge in [0, 0.05) is 17.8 Å². The third-order valence-corrected chi connectivity index (χ3v) is 15.9. The van der Waals surface area contributed by atoms with E-state index in [1.165, 1.54) is 0 Å². The van der Waals surface area contributed by atoms with E-state index >= 15 is 0 Å². The molecular weight excluding hydrogens is 352 g/mol. The van der Waals surface area contributed by atoms with Crippen molar-refractivity contribution in [2.45, 2.75) is 102 Å². The zero-order valence-electron chi connectivity index (χ0n) is 17.4. The van der Waals surface area contributed by atoms with Crippen molar-refractivity contribution in [3.05, 3.63) is 0 Å². The predicted molar refractivity (Wildman–Crippen MR) is 112 cm³/mol. The highest BCUT2D eigenvalue weighted by molar-refractivity contribution is 7.81. The Labute approximate surface area is 157 Å². The van der Waals surface area contributed by atoms with Crippen molar-refractivity contribution in [2.75, 3.05) is 6.61 Å². The zero-order valence-corrected chi connectivity index (χ0v) is 20.3. The number of thiol groups is 1. The minimum absolute atomic E-state index is 0.0273. The number of aliphatic hydroxyl groups excluding tert-OH is 1. The maximum absolute atomic E-state index is 9.89. The molecule has 0 aromatic heterocycles. The number of rotatable bonds is 5. The lowest BCUT2D eigenvalue weighted by molar-refractivity contribution is 0.0222. The smallest absolute Gasteiger partial charge is 0.192 e. The molecule has 1 saturated carbocycles. The monoisotopic (exact) mass is 392 g/mol. The van der Waals surface area contributed by atoms with Crippen molar-refractivity contribution in [1.82, 2.24) is 0 Å². The van der Waals surface area contributed by atoms with Crippen molar-refractivity contribution in [3.63, 3.8) is 0 Å². The van der Waals surface area contributed by atoms with E-state index in [2.05, 4.69) is 67.7 Å². The summed E-state index contributed by atoms with van der Waals surface area (Å²) in [6.45, 7) is 22.8. The molecule has 0 aromatic carbocycles. The summed E-state index contributed by atoms with van der Waals surface area (Å²) in [4.78, 5) is 0. The average Bonchev–Trinajstić information content (AvgIpc) is 2.63. The molecule has 0 aliphatic heterocycles. The van der Waals surface area contributed by atoms with Crippen LogP contribution in [0.2, 0.25) is 36.3 Å². The molecule has 0 aromatic rings. The molecular formula is C18H40O3SSi2. The first-order valence-corrected chi connectivity index (χ1v) is 15.5. The second-order valence-corrected chi connectivity index (χ2v) is 20.6. The highest BCUT2D eigenvalue weighted by Gasteiger charge is 2.51. The van der Waals surface area contributed by atoms with E-state index in [4.69, 9.17) is 21.5 Å². The molecule has 1 aliphatic carbocycles. The Balaban J connectivity index is 3.08. The quantitative estimate of drug-likeness (QED) is 0.506. The zero-order chi connectivity index (χ0) is 19.1. The van der Waals surface area contributed by atoms with Gasteiger partial charge in [-0.2, -0.15) is 12.6 Å². The molecule has 0 saturated heterocycles. The van der Waals surface area contributed by atoms with Gasteiger partial charge in [-0.15, -0.1) is 0 Å². The van der Waals surface area contributed by atoms with Crippen LogP contribution in [0.5, 0.6) is 0 Å². The van der Waals surface area contributed by atoms with Crippen LogP contribution < -0.4 is 0 Å². The Kier molecular flexibility index (Phi) is 6.95. The van der Waals surface area contributed by atoms with Crippen LogP contribution in [-0.4, -0.2) is 45.8 Å². The Morgan fingerprint density at radius 2 is 1.25 bits per heavy atom. The van der Waals surface area contributed by atoms with Gasteiger partial charge < -0.3 is 14.0 Å². The summed E-state index contributed by atoms with van der Waals surface area (Å²) >= 11 is 4.81. The number of hydrogen-bond donors (Lipinski definition) is 2. The molecule has 0 bridgehead atoms. The largest absolute Gasteiger partial charge is 0.411 e. The van der Waals surface area contributed by atoms with E-state index < -0.39 is 16.6 Å². The third kappa shape index (κ3) is 4.88. The second-order valence-electron chi connectivity index (χ2n) is 10.4. The standard InChI is InChI=1S/C18H40O3SSi2/c1-17(2,3)23(7,8)20-15-13(12-19)11-14(22)16(15)21-24(9,10)18(4,5)6/h13-16,19,22H,11-12H2,1-10H3/t13-,14-,15-,16+/m1/s1. The minimum Gasteiger partial charge on any atom is -0.411 e. The molecule has 0 amide bonds. The molecule has 1 rings (SSSR count). The second kappa shape index (κ2) is 7.35. The van der Waals surface area contributed by atoms with Gasteiger partial charge in [-0.3, -0.25) is 0 Å². The van der Waals surface area contributed by atoms with Gasteiger partial charge in [0.05, 0.1) is 12.2 Å². The summed E-state index contributed by atoms with van der Waals surface area (Å²) in [5, 5.41) is 10.3. The van der Waals surface area contributed by atoms with Crippen LogP contribution in [0, 0.1) is 5.92 Å². The van der Waals surface area contributed by atoms with E-state index in [-0.39, 0.29) is 40.1 Å². The van der Waals surface area contributed by atoms with Crippen LogP contribution in [0.1, 0.15) is 48.0 Å². The van der Waals surface area contributed by atoms with Crippen molar-refractivity contribution < 1.29 is 14.0 Å². The van der Waals surface area contributed by atoms with E-state index in [1.807, 2.05) is 0 Å². The summed E-state index contributed by atoms with van der Waals surface area (Å²) in [7, 11) is -3.84. The van der Waals surface area contributed by atoms with E-state index in [0.717, 1.165) is 6.42 Å². The summed E-state index contributed by atoms with van der Waals surface area (Å²) in [5.74, 6) is 0.122. The molecule has 4 atom stereocenters. The van der Waals surface area contributed by atoms with Gasteiger partial charge in [-0.05, 0) is 42.7 Å². The van der Waals surface area contributed by atoms with E-state index in [0.29, 0.717) is 0 Å². The van der Waals surface area contributed by atoms with Gasteiger partial charge >= 0.3 is 0 Å². The van der Waals surface area contributed by atoms with Gasteiger partial charge in [-0.1, -0.05) is 41.5 Å². The first-order valence-electron chi connectivity index (χ1n) is 9.18. The Morgan fingerprint density at radius 1 is 0.875 bits per heavy atom. The lowest BCUT2D eigenvalue weighted by atomic mass is 10.1. The first-order chi connectivity index (χ1) is 10.5. The van der Waals surface area contributed by atoms with Crippen LogP contribution in [0.3, 0.4) is 0 Å².